The van der Waals surface area contributed by atoms with Crippen molar-refractivity contribution >= 4 is 12.1 Å². The zero-order chi connectivity index (χ0) is 18.3. The molecule has 0 aliphatic heterocycles. The van der Waals surface area contributed by atoms with Crippen LogP contribution in [0.1, 0.15) is 51.0 Å². The fourth-order valence-corrected chi connectivity index (χ4v) is 2.47. The molecule has 1 aromatic carbocycles. The minimum absolute atomic E-state index is 0.329. The van der Waals surface area contributed by atoms with Gasteiger partial charge in [0.1, 0.15) is 0 Å². The summed E-state index contributed by atoms with van der Waals surface area (Å²) in [4.78, 5) is 11.9. The topological polar surface area (TPSA) is 81.6 Å². The van der Waals surface area contributed by atoms with Crippen molar-refractivity contribution in [2.24, 2.45) is 0 Å². The van der Waals surface area contributed by atoms with Crippen LogP contribution in [-0.2, 0) is 0 Å². The number of urea groups is 1. The standard InChI is InChI=1S/C20H32N2O3/c1-2-3-4-5-6-10-15-21-20(25)22-18(16-23)19(24)14-13-17-11-8-7-9-12-17/h7-9,11-14,18-19,23-24H,2-6,10,15-16H2,1H3,(H2,21,22,25). The summed E-state index contributed by atoms with van der Waals surface area (Å²) in [5.74, 6) is 0. The Kier molecular flexibility index (Phi) is 11.4. The molecule has 1 rings (SSSR count). The van der Waals surface area contributed by atoms with Crippen molar-refractivity contribution in [2.45, 2.75) is 57.6 Å². The van der Waals surface area contributed by atoms with Gasteiger partial charge >= 0.3 is 6.03 Å². The molecule has 2 amide bonds. The van der Waals surface area contributed by atoms with E-state index in [4.69, 9.17) is 0 Å². The lowest BCUT2D eigenvalue weighted by atomic mass is 10.1. The molecule has 0 heterocycles. The van der Waals surface area contributed by atoms with Crippen LogP contribution in [0, 0.1) is 0 Å². The van der Waals surface area contributed by atoms with Crippen LogP contribution in [0.15, 0.2) is 36.4 Å². The van der Waals surface area contributed by atoms with Gasteiger partial charge in [0.25, 0.3) is 0 Å². The number of aliphatic hydroxyl groups excluding tert-OH is 2. The highest BCUT2D eigenvalue weighted by atomic mass is 16.3. The second-order valence-electron chi connectivity index (χ2n) is 6.22. The average molecular weight is 348 g/mol. The Morgan fingerprint density at radius 2 is 1.80 bits per heavy atom. The van der Waals surface area contributed by atoms with Gasteiger partial charge in [-0.1, -0.05) is 81.5 Å². The summed E-state index contributed by atoms with van der Waals surface area (Å²) >= 11 is 0. The maximum absolute atomic E-state index is 11.9. The first-order chi connectivity index (χ1) is 12.2. The first kappa shape index (κ1) is 21.2. The van der Waals surface area contributed by atoms with Crippen LogP contribution < -0.4 is 10.6 Å². The zero-order valence-electron chi connectivity index (χ0n) is 15.2. The van der Waals surface area contributed by atoms with E-state index in [0.29, 0.717) is 6.54 Å². The molecule has 0 bridgehead atoms. The van der Waals surface area contributed by atoms with E-state index in [2.05, 4.69) is 17.6 Å². The molecular formula is C20H32N2O3. The highest BCUT2D eigenvalue weighted by Gasteiger charge is 2.17. The molecule has 0 spiro atoms. The van der Waals surface area contributed by atoms with Crippen molar-refractivity contribution < 1.29 is 15.0 Å². The molecule has 0 fully saturated rings. The molecule has 5 nitrogen and oxygen atoms in total. The maximum Gasteiger partial charge on any atom is 0.315 e. The predicted molar refractivity (Wildman–Crippen MR) is 102 cm³/mol. The number of rotatable bonds is 12. The summed E-state index contributed by atoms with van der Waals surface area (Å²) in [6, 6.07) is 8.46. The van der Waals surface area contributed by atoms with E-state index >= 15 is 0 Å². The highest BCUT2D eigenvalue weighted by molar-refractivity contribution is 5.74. The van der Waals surface area contributed by atoms with Crippen molar-refractivity contribution in [3.05, 3.63) is 42.0 Å². The third-order valence-corrected chi connectivity index (χ3v) is 4.03. The van der Waals surface area contributed by atoms with E-state index in [1.807, 2.05) is 30.3 Å². The van der Waals surface area contributed by atoms with Gasteiger partial charge in [-0.2, -0.15) is 0 Å². The summed E-state index contributed by atoms with van der Waals surface area (Å²) in [5, 5.41) is 24.9. The van der Waals surface area contributed by atoms with Crippen LogP contribution in [0.3, 0.4) is 0 Å². The van der Waals surface area contributed by atoms with Gasteiger partial charge in [0.05, 0.1) is 18.8 Å². The first-order valence-corrected chi connectivity index (χ1v) is 9.24. The van der Waals surface area contributed by atoms with E-state index in [-0.39, 0.29) is 12.6 Å². The number of hydrogen-bond donors (Lipinski definition) is 4. The van der Waals surface area contributed by atoms with E-state index in [1.165, 1.54) is 25.7 Å². The second kappa shape index (κ2) is 13.4. The molecule has 2 unspecified atom stereocenters. The lowest BCUT2D eigenvalue weighted by Crippen LogP contribution is -2.49. The third kappa shape index (κ3) is 9.89. The van der Waals surface area contributed by atoms with Crippen LogP contribution in [0.5, 0.6) is 0 Å². The van der Waals surface area contributed by atoms with Gasteiger partial charge in [-0.3, -0.25) is 0 Å². The van der Waals surface area contributed by atoms with Crippen LogP contribution in [0.25, 0.3) is 6.08 Å². The Balaban J connectivity index is 2.27. The summed E-state index contributed by atoms with van der Waals surface area (Å²) in [7, 11) is 0. The first-order valence-electron chi connectivity index (χ1n) is 9.24. The van der Waals surface area contributed by atoms with Crippen molar-refractivity contribution in [2.75, 3.05) is 13.2 Å². The molecule has 0 aromatic heterocycles. The van der Waals surface area contributed by atoms with Crippen molar-refractivity contribution in [1.82, 2.24) is 10.6 Å². The Morgan fingerprint density at radius 3 is 2.48 bits per heavy atom. The number of amides is 2. The lowest BCUT2D eigenvalue weighted by Gasteiger charge is -2.20. The van der Waals surface area contributed by atoms with E-state index in [1.54, 1.807) is 12.2 Å². The van der Waals surface area contributed by atoms with E-state index < -0.39 is 12.1 Å². The Bertz CT molecular complexity index is 491. The van der Waals surface area contributed by atoms with Gasteiger partial charge < -0.3 is 20.8 Å². The van der Waals surface area contributed by atoms with Gasteiger partial charge in [0.15, 0.2) is 0 Å². The quantitative estimate of drug-likeness (QED) is 0.438. The van der Waals surface area contributed by atoms with Crippen LogP contribution >= 0.6 is 0 Å². The van der Waals surface area contributed by atoms with Crippen LogP contribution in [0.4, 0.5) is 4.79 Å². The predicted octanol–water partition coefficient (Wildman–Crippen LogP) is 3.08. The third-order valence-electron chi connectivity index (χ3n) is 4.03. The number of carbonyl (C=O) groups excluding carboxylic acids is 1. The zero-order valence-corrected chi connectivity index (χ0v) is 15.2. The second-order valence-corrected chi connectivity index (χ2v) is 6.22. The van der Waals surface area contributed by atoms with Gasteiger partial charge in [0.2, 0.25) is 0 Å². The minimum Gasteiger partial charge on any atom is -0.394 e. The minimum atomic E-state index is -0.954. The molecule has 25 heavy (non-hydrogen) atoms. The Hall–Kier alpha value is -1.85. The van der Waals surface area contributed by atoms with Gasteiger partial charge in [-0.15, -0.1) is 0 Å². The molecule has 0 aliphatic rings. The monoisotopic (exact) mass is 348 g/mol. The average Bonchev–Trinajstić information content (AvgIpc) is 2.64. The number of hydrogen-bond acceptors (Lipinski definition) is 3. The molecule has 2 atom stereocenters. The summed E-state index contributed by atoms with van der Waals surface area (Å²) in [6.45, 7) is 2.46. The summed E-state index contributed by atoms with van der Waals surface area (Å²) < 4.78 is 0. The molecule has 0 radical (unpaired) electrons. The van der Waals surface area contributed by atoms with Gasteiger partial charge in [-0.25, -0.2) is 4.79 Å². The number of aliphatic hydroxyl groups is 2. The Morgan fingerprint density at radius 1 is 1.12 bits per heavy atom. The normalized spacial score (nSPS) is 13.6. The molecular weight excluding hydrogens is 316 g/mol. The fraction of sp³-hybridized carbons (Fsp3) is 0.550. The molecule has 4 N–H and O–H groups in total. The molecule has 140 valence electrons. The highest BCUT2D eigenvalue weighted by Crippen LogP contribution is 2.05. The smallest absolute Gasteiger partial charge is 0.315 e. The molecule has 0 saturated heterocycles. The SMILES string of the molecule is CCCCCCCCNC(=O)NC(CO)C(O)C=Cc1ccccc1. The maximum atomic E-state index is 11.9. The lowest BCUT2D eigenvalue weighted by molar-refractivity contribution is 0.126. The molecule has 5 heteroatoms. The Labute approximate surface area is 151 Å². The molecule has 0 saturated carbocycles. The number of unbranched alkanes of at least 4 members (excludes halogenated alkanes) is 5. The number of carbonyl (C=O) groups is 1. The molecule has 1 aromatic rings. The summed E-state index contributed by atoms with van der Waals surface area (Å²) in [5.41, 5.74) is 0.950. The van der Waals surface area contributed by atoms with Gasteiger partial charge in [0, 0.05) is 6.54 Å². The van der Waals surface area contributed by atoms with Crippen molar-refractivity contribution in [1.29, 1.82) is 0 Å². The number of benzene rings is 1. The van der Waals surface area contributed by atoms with Crippen molar-refractivity contribution in [3.8, 4) is 0 Å². The fourth-order valence-electron chi connectivity index (χ4n) is 2.47. The summed E-state index contributed by atoms with van der Waals surface area (Å²) in [6.07, 6.45) is 9.36. The van der Waals surface area contributed by atoms with Crippen LogP contribution in [0.2, 0.25) is 0 Å². The van der Waals surface area contributed by atoms with Gasteiger partial charge in [-0.05, 0) is 12.0 Å². The molecule has 0 aliphatic carbocycles. The van der Waals surface area contributed by atoms with Crippen LogP contribution in [-0.4, -0.2) is 41.5 Å². The largest absolute Gasteiger partial charge is 0.394 e. The van der Waals surface area contributed by atoms with E-state index in [0.717, 1.165) is 18.4 Å². The van der Waals surface area contributed by atoms with Crippen molar-refractivity contribution in [3.63, 3.8) is 0 Å². The van der Waals surface area contributed by atoms with E-state index in [9.17, 15) is 15.0 Å². The number of nitrogens with one attached hydrogen (secondary N) is 2.